The van der Waals surface area contributed by atoms with Gasteiger partial charge in [-0.05, 0) is 38.8 Å². The maximum Gasteiger partial charge on any atom is 0.191 e. The van der Waals surface area contributed by atoms with Gasteiger partial charge >= 0.3 is 0 Å². The average molecular weight is 431 g/mol. The van der Waals surface area contributed by atoms with Crippen molar-refractivity contribution in [2.45, 2.75) is 59.6 Å². The number of rotatable bonds is 9. The first-order chi connectivity index (χ1) is 14.6. The molecule has 6 nitrogen and oxygen atoms in total. The van der Waals surface area contributed by atoms with E-state index < -0.39 is 0 Å². The Morgan fingerprint density at radius 2 is 2.17 bits per heavy atom. The van der Waals surface area contributed by atoms with Gasteiger partial charge in [-0.25, -0.2) is 9.98 Å². The van der Waals surface area contributed by atoms with E-state index in [1.807, 2.05) is 0 Å². The van der Waals surface area contributed by atoms with Crippen LogP contribution in [0.4, 0.5) is 0 Å². The molecule has 1 aliphatic heterocycles. The molecule has 0 aliphatic carbocycles. The van der Waals surface area contributed by atoms with Crippen LogP contribution in [0.25, 0.3) is 0 Å². The van der Waals surface area contributed by atoms with Crippen LogP contribution in [0.3, 0.4) is 0 Å². The second-order valence-electron chi connectivity index (χ2n) is 7.55. The van der Waals surface area contributed by atoms with Gasteiger partial charge in [-0.1, -0.05) is 19.1 Å². The van der Waals surface area contributed by atoms with E-state index >= 15 is 0 Å². The Bertz CT molecular complexity index is 844. The van der Waals surface area contributed by atoms with Crippen LogP contribution in [-0.2, 0) is 24.1 Å². The lowest BCUT2D eigenvalue weighted by Gasteiger charge is -2.16. The number of ether oxygens (including phenoxy) is 2. The Hall–Kier alpha value is -2.12. The summed E-state index contributed by atoms with van der Waals surface area (Å²) in [5.41, 5.74) is 3.50. The van der Waals surface area contributed by atoms with E-state index in [0.29, 0.717) is 13.2 Å². The number of thiazole rings is 1. The van der Waals surface area contributed by atoms with E-state index in [4.69, 9.17) is 19.5 Å². The van der Waals surface area contributed by atoms with Crippen molar-refractivity contribution < 1.29 is 9.47 Å². The SMILES string of the molecule is CCNC(=NCc1ccc(C)cc1OC1CCOC1)NCCc1nc(CC)c(C)s1. The molecular weight excluding hydrogens is 396 g/mol. The monoisotopic (exact) mass is 430 g/mol. The van der Waals surface area contributed by atoms with Crippen LogP contribution < -0.4 is 15.4 Å². The molecule has 1 saturated heterocycles. The third-order valence-corrected chi connectivity index (χ3v) is 6.13. The van der Waals surface area contributed by atoms with Gasteiger partial charge in [0.25, 0.3) is 0 Å². The Morgan fingerprint density at radius 3 is 2.87 bits per heavy atom. The van der Waals surface area contributed by atoms with E-state index in [-0.39, 0.29) is 6.10 Å². The summed E-state index contributed by atoms with van der Waals surface area (Å²) in [6.07, 6.45) is 2.97. The Morgan fingerprint density at radius 1 is 1.30 bits per heavy atom. The summed E-state index contributed by atoms with van der Waals surface area (Å²) in [6.45, 7) is 12.1. The van der Waals surface area contributed by atoms with Crippen molar-refractivity contribution in [3.05, 3.63) is 44.9 Å². The molecule has 1 aromatic heterocycles. The highest BCUT2D eigenvalue weighted by atomic mass is 32.1. The molecule has 30 heavy (non-hydrogen) atoms. The summed E-state index contributed by atoms with van der Waals surface area (Å²) in [6, 6.07) is 6.32. The smallest absolute Gasteiger partial charge is 0.191 e. The van der Waals surface area contributed by atoms with E-state index in [1.54, 1.807) is 11.3 Å². The molecule has 1 fully saturated rings. The highest BCUT2D eigenvalue weighted by Crippen LogP contribution is 2.24. The number of hydrogen-bond acceptors (Lipinski definition) is 5. The van der Waals surface area contributed by atoms with Crippen molar-refractivity contribution in [3.63, 3.8) is 0 Å². The van der Waals surface area contributed by atoms with Gasteiger partial charge in [0.15, 0.2) is 5.96 Å². The van der Waals surface area contributed by atoms with Crippen molar-refractivity contribution in [2.75, 3.05) is 26.3 Å². The van der Waals surface area contributed by atoms with E-state index in [2.05, 4.69) is 56.5 Å². The molecule has 1 aliphatic rings. The number of aromatic nitrogens is 1. The van der Waals surface area contributed by atoms with E-state index in [1.165, 1.54) is 21.1 Å². The number of nitrogens with zero attached hydrogens (tertiary/aromatic N) is 2. The van der Waals surface area contributed by atoms with Crippen LogP contribution in [0.15, 0.2) is 23.2 Å². The van der Waals surface area contributed by atoms with Gasteiger partial charge in [0.1, 0.15) is 11.9 Å². The zero-order valence-electron chi connectivity index (χ0n) is 18.6. The molecule has 0 radical (unpaired) electrons. The van der Waals surface area contributed by atoms with Crippen molar-refractivity contribution in [1.82, 2.24) is 15.6 Å². The lowest BCUT2D eigenvalue weighted by Crippen LogP contribution is -2.38. The van der Waals surface area contributed by atoms with Gasteiger partial charge in [-0.15, -0.1) is 11.3 Å². The number of benzene rings is 1. The first-order valence-corrected chi connectivity index (χ1v) is 11.7. The largest absolute Gasteiger partial charge is 0.488 e. The Kier molecular flexibility index (Phi) is 8.51. The number of guanidine groups is 1. The molecule has 2 aromatic rings. The molecule has 1 unspecified atom stereocenters. The third-order valence-electron chi connectivity index (χ3n) is 5.06. The van der Waals surface area contributed by atoms with Crippen LogP contribution >= 0.6 is 11.3 Å². The summed E-state index contributed by atoms with van der Waals surface area (Å²) < 4.78 is 11.7. The average Bonchev–Trinajstić information content (AvgIpc) is 3.36. The van der Waals surface area contributed by atoms with Crippen LogP contribution in [0.2, 0.25) is 0 Å². The predicted octanol–water partition coefficient (Wildman–Crippen LogP) is 3.79. The highest BCUT2D eigenvalue weighted by Gasteiger charge is 2.18. The normalized spacial score (nSPS) is 16.7. The molecule has 1 atom stereocenters. The molecule has 2 N–H and O–H groups in total. The second kappa shape index (κ2) is 11.3. The number of hydrogen-bond donors (Lipinski definition) is 2. The highest BCUT2D eigenvalue weighted by molar-refractivity contribution is 7.11. The maximum atomic E-state index is 6.20. The van der Waals surface area contributed by atoms with Gasteiger partial charge in [0.2, 0.25) is 0 Å². The van der Waals surface area contributed by atoms with Crippen LogP contribution in [0.5, 0.6) is 5.75 Å². The van der Waals surface area contributed by atoms with Gasteiger partial charge < -0.3 is 20.1 Å². The minimum atomic E-state index is 0.135. The van der Waals surface area contributed by atoms with E-state index in [0.717, 1.165) is 56.2 Å². The van der Waals surface area contributed by atoms with E-state index in [9.17, 15) is 0 Å². The quantitative estimate of drug-likeness (QED) is 0.468. The van der Waals surface area contributed by atoms with Crippen molar-refractivity contribution >= 4 is 17.3 Å². The summed E-state index contributed by atoms with van der Waals surface area (Å²) >= 11 is 1.79. The summed E-state index contributed by atoms with van der Waals surface area (Å²) in [4.78, 5) is 10.8. The predicted molar refractivity (Wildman–Crippen MR) is 124 cm³/mol. The van der Waals surface area contributed by atoms with Gasteiger partial charge in [-0.3, -0.25) is 0 Å². The minimum absolute atomic E-state index is 0.135. The lowest BCUT2D eigenvalue weighted by atomic mass is 10.1. The summed E-state index contributed by atoms with van der Waals surface area (Å²) in [5.74, 6) is 1.73. The molecule has 7 heteroatoms. The summed E-state index contributed by atoms with van der Waals surface area (Å²) in [5, 5.41) is 7.95. The fourth-order valence-electron chi connectivity index (χ4n) is 3.40. The third kappa shape index (κ3) is 6.44. The fraction of sp³-hybridized carbons (Fsp3) is 0.565. The summed E-state index contributed by atoms with van der Waals surface area (Å²) in [7, 11) is 0. The maximum absolute atomic E-state index is 6.20. The Labute approximate surface area is 184 Å². The topological polar surface area (TPSA) is 67.8 Å². The molecule has 0 amide bonds. The molecule has 1 aromatic carbocycles. The molecular formula is C23H34N4O2S. The van der Waals surface area contributed by atoms with Crippen LogP contribution in [0, 0.1) is 13.8 Å². The Balaban J connectivity index is 1.60. The lowest BCUT2D eigenvalue weighted by molar-refractivity contribution is 0.140. The molecule has 3 rings (SSSR count). The van der Waals surface area contributed by atoms with Crippen LogP contribution in [-0.4, -0.2) is 43.4 Å². The molecule has 0 saturated carbocycles. The minimum Gasteiger partial charge on any atom is -0.488 e. The zero-order chi connectivity index (χ0) is 21.3. The van der Waals surface area contributed by atoms with Crippen molar-refractivity contribution in [2.24, 2.45) is 4.99 Å². The fourth-order valence-corrected chi connectivity index (χ4v) is 4.43. The molecule has 0 bridgehead atoms. The second-order valence-corrected chi connectivity index (χ2v) is 8.84. The van der Waals surface area contributed by atoms with Crippen LogP contribution in [0.1, 0.15) is 47.0 Å². The van der Waals surface area contributed by atoms with Crippen molar-refractivity contribution in [1.29, 1.82) is 0 Å². The molecule has 0 spiro atoms. The van der Waals surface area contributed by atoms with Gasteiger partial charge in [-0.2, -0.15) is 0 Å². The zero-order valence-corrected chi connectivity index (χ0v) is 19.4. The number of aryl methyl sites for hydroxylation is 3. The molecule has 164 valence electrons. The van der Waals surface area contributed by atoms with Crippen molar-refractivity contribution in [3.8, 4) is 5.75 Å². The van der Waals surface area contributed by atoms with Gasteiger partial charge in [0, 0.05) is 36.4 Å². The first-order valence-electron chi connectivity index (χ1n) is 10.9. The standard InChI is InChI=1S/C23H34N4O2S/c1-5-20-17(4)30-22(27-20)9-11-25-23(24-6-2)26-14-18-8-7-16(3)13-21(18)29-19-10-12-28-15-19/h7-8,13,19H,5-6,9-12,14-15H2,1-4H3,(H2,24,25,26). The number of aliphatic imine (C=N–C) groups is 1. The molecule has 2 heterocycles. The first kappa shape index (κ1) is 22.6. The van der Waals surface area contributed by atoms with Gasteiger partial charge in [0.05, 0.1) is 30.5 Å². The number of nitrogens with one attached hydrogen (secondary N) is 2.